The molecule has 2 aromatic heterocycles. The van der Waals surface area contributed by atoms with Crippen LogP contribution in [0.15, 0.2) is 30.6 Å². The minimum atomic E-state index is -4.34. The number of aromatic nitrogens is 2. The lowest BCUT2D eigenvalue weighted by molar-refractivity contribution is -0.140. The minimum Gasteiger partial charge on any atom is -0.322 e. The van der Waals surface area contributed by atoms with Crippen molar-refractivity contribution in [1.29, 1.82) is 0 Å². The van der Waals surface area contributed by atoms with Crippen LogP contribution in [-0.2, 0) is 6.54 Å². The fourth-order valence-corrected chi connectivity index (χ4v) is 2.45. The van der Waals surface area contributed by atoms with E-state index in [4.69, 9.17) is 11.6 Å². The molecule has 0 amide bonds. The van der Waals surface area contributed by atoms with Gasteiger partial charge in [-0.15, -0.1) is 11.3 Å². The summed E-state index contributed by atoms with van der Waals surface area (Å²) in [4.78, 5) is 15.9. The predicted molar refractivity (Wildman–Crippen MR) is 71.0 cm³/mol. The highest BCUT2D eigenvalue weighted by atomic mass is 35.5. The van der Waals surface area contributed by atoms with Crippen LogP contribution < -0.4 is 0 Å². The molecule has 0 aliphatic rings. The smallest absolute Gasteiger partial charge is 0.322 e. The maximum absolute atomic E-state index is 12.3. The van der Waals surface area contributed by atoms with Gasteiger partial charge in [-0.3, -0.25) is 4.79 Å². The number of thiophene rings is 1. The molecule has 0 bridgehead atoms. The fourth-order valence-electron chi connectivity index (χ4n) is 1.49. The van der Waals surface area contributed by atoms with Gasteiger partial charge in [0.15, 0.2) is 5.78 Å². The Balaban J connectivity index is 2.12. The van der Waals surface area contributed by atoms with Gasteiger partial charge in [-0.2, -0.15) is 13.2 Å². The second-order valence-corrected chi connectivity index (χ2v) is 5.54. The summed E-state index contributed by atoms with van der Waals surface area (Å²) < 4.78 is 38.3. The molecule has 3 nitrogen and oxygen atoms in total. The van der Waals surface area contributed by atoms with Gasteiger partial charge < -0.3 is 4.57 Å². The third-order valence-corrected chi connectivity index (χ3v) is 3.54. The van der Waals surface area contributed by atoms with Crippen LogP contribution in [0.25, 0.3) is 6.08 Å². The maximum Gasteiger partial charge on any atom is 0.406 e. The highest BCUT2D eigenvalue weighted by Gasteiger charge is 2.28. The number of ketones is 1. The lowest BCUT2D eigenvalue weighted by Gasteiger charge is -2.08. The molecule has 0 unspecified atom stereocenters. The zero-order valence-electron chi connectivity index (χ0n) is 9.89. The molecule has 2 heterocycles. The maximum atomic E-state index is 12.3. The Morgan fingerprint density at radius 2 is 2.20 bits per heavy atom. The molecule has 0 N–H and O–H groups in total. The topological polar surface area (TPSA) is 34.9 Å². The van der Waals surface area contributed by atoms with Crippen LogP contribution in [-0.4, -0.2) is 21.5 Å². The van der Waals surface area contributed by atoms with Crippen LogP contribution in [0.2, 0.25) is 4.34 Å². The number of rotatable bonds is 4. The number of halogens is 4. The third-order valence-electron chi connectivity index (χ3n) is 2.30. The van der Waals surface area contributed by atoms with Crippen molar-refractivity contribution in [2.75, 3.05) is 0 Å². The van der Waals surface area contributed by atoms with Crippen molar-refractivity contribution >= 4 is 34.8 Å². The van der Waals surface area contributed by atoms with E-state index in [1.54, 1.807) is 12.1 Å². The third kappa shape index (κ3) is 3.94. The first-order valence-corrected chi connectivity index (χ1v) is 6.60. The first kappa shape index (κ1) is 14.8. The molecule has 2 rings (SSSR count). The molecular weight excluding hydrogens is 313 g/mol. The summed E-state index contributed by atoms with van der Waals surface area (Å²) in [6, 6.07) is 3.14. The molecule has 0 spiro atoms. The van der Waals surface area contributed by atoms with E-state index < -0.39 is 12.7 Å². The van der Waals surface area contributed by atoms with Gasteiger partial charge in [0.05, 0.1) is 9.21 Å². The van der Waals surface area contributed by atoms with Crippen molar-refractivity contribution in [3.63, 3.8) is 0 Å². The molecule has 0 radical (unpaired) electrons. The molecule has 0 saturated carbocycles. The van der Waals surface area contributed by atoms with E-state index in [1.165, 1.54) is 24.5 Å². The number of allylic oxidation sites excluding steroid dienone is 1. The quantitative estimate of drug-likeness (QED) is 0.629. The van der Waals surface area contributed by atoms with Crippen molar-refractivity contribution in [1.82, 2.24) is 9.55 Å². The van der Waals surface area contributed by atoms with Crippen molar-refractivity contribution < 1.29 is 18.0 Å². The van der Waals surface area contributed by atoms with Crippen LogP contribution in [0.1, 0.15) is 15.5 Å². The SMILES string of the molecule is O=C(C=Cc1nccn1CC(F)(F)F)c1ccc(Cl)s1. The van der Waals surface area contributed by atoms with E-state index in [1.807, 2.05) is 0 Å². The molecule has 0 saturated heterocycles. The van der Waals surface area contributed by atoms with E-state index in [0.29, 0.717) is 9.21 Å². The van der Waals surface area contributed by atoms with Gasteiger partial charge in [0, 0.05) is 12.4 Å². The van der Waals surface area contributed by atoms with Gasteiger partial charge in [0.25, 0.3) is 0 Å². The zero-order valence-corrected chi connectivity index (χ0v) is 11.5. The number of carbonyl (C=O) groups excluding carboxylic acids is 1. The average Bonchev–Trinajstić information content (AvgIpc) is 2.93. The standard InChI is InChI=1S/C12H8ClF3N2OS/c13-10-3-2-9(20-10)8(19)1-4-11-17-5-6-18(11)7-12(14,15)16/h1-6H,7H2. The predicted octanol–water partition coefficient (Wildman–Crippen LogP) is 4.06. The van der Waals surface area contributed by atoms with Crippen LogP contribution >= 0.6 is 22.9 Å². The molecule has 0 aromatic carbocycles. The molecule has 2 aromatic rings. The number of imidazole rings is 1. The van der Waals surface area contributed by atoms with E-state index in [-0.39, 0.29) is 11.6 Å². The number of carbonyl (C=O) groups is 1. The number of hydrogen-bond donors (Lipinski definition) is 0. The summed E-state index contributed by atoms with van der Waals surface area (Å²) in [5.74, 6) is -0.262. The van der Waals surface area contributed by atoms with E-state index in [9.17, 15) is 18.0 Å². The lowest BCUT2D eigenvalue weighted by Crippen LogP contribution is -2.18. The number of alkyl halides is 3. The molecule has 8 heteroatoms. The van der Waals surface area contributed by atoms with Gasteiger partial charge in [-0.25, -0.2) is 4.98 Å². The summed E-state index contributed by atoms with van der Waals surface area (Å²) in [5, 5.41) is 0. The molecule has 0 aliphatic heterocycles. The summed E-state index contributed by atoms with van der Waals surface area (Å²) in [6.45, 7) is -1.15. The average molecular weight is 321 g/mol. The Bertz CT molecular complexity index is 645. The largest absolute Gasteiger partial charge is 0.406 e. The van der Waals surface area contributed by atoms with Crippen LogP contribution in [0.4, 0.5) is 13.2 Å². The van der Waals surface area contributed by atoms with Crippen LogP contribution in [0.3, 0.4) is 0 Å². The van der Waals surface area contributed by atoms with Crippen LogP contribution in [0, 0.1) is 0 Å². The van der Waals surface area contributed by atoms with Gasteiger partial charge >= 0.3 is 6.18 Å². The summed E-state index contributed by atoms with van der Waals surface area (Å²) >= 11 is 6.81. The first-order valence-electron chi connectivity index (χ1n) is 5.41. The second kappa shape index (κ2) is 5.80. The second-order valence-electron chi connectivity index (χ2n) is 3.83. The fraction of sp³-hybridized carbons (Fsp3) is 0.167. The number of hydrogen-bond acceptors (Lipinski definition) is 3. The molecule has 0 aliphatic carbocycles. The zero-order chi connectivity index (χ0) is 14.8. The van der Waals surface area contributed by atoms with Gasteiger partial charge in [-0.1, -0.05) is 11.6 Å². The lowest BCUT2D eigenvalue weighted by atomic mass is 10.3. The molecule has 0 atom stereocenters. The minimum absolute atomic E-state index is 0.0679. The molecule has 106 valence electrons. The Hall–Kier alpha value is -1.60. The van der Waals surface area contributed by atoms with Gasteiger partial charge in [0.1, 0.15) is 12.4 Å². The summed E-state index contributed by atoms with van der Waals surface area (Å²) in [5.41, 5.74) is 0. The Morgan fingerprint density at radius 1 is 1.45 bits per heavy atom. The Kier molecular flexibility index (Phi) is 4.29. The number of nitrogens with zero attached hydrogens (tertiary/aromatic N) is 2. The summed E-state index contributed by atoms with van der Waals surface area (Å²) in [7, 11) is 0. The molecule has 0 fully saturated rings. The van der Waals surface area contributed by atoms with Crippen molar-refractivity contribution in [2.45, 2.75) is 12.7 Å². The highest BCUT2D eigenvalue weighted by Crippen LogP contribution is 2.22. The van der Waals surface area contributed by atoms with Gasteiger partial charge in [0.2, 0.25) is 0 Å². The van der Waals surface area contributed by atoms with Crippen LogP contribution in [0.5, 0.6) is 0 Å². The van der Waals surface area contributed by atoms with E-state index in [0.717, 1.165) is 15.9 Å². The van der Waals surface area contributed by atoms with Crippen molar-refractivity contribution in [2.24, 2.45) is 0 Å². The Labute approximate surface area is 121 Å². The Morgan fingerprint density at radius 3 is 2.80 bits per heavy atom. The van der Waals surface area contributed by atoms with Crippen molar-refractivity contribution in [3.05, 3.63) is 45.6 Å². The first-order chi connectivity index (χ1) is 9.35. The molecule has 20 heavy (non-hydrogen) atoms. The summed E-state index contributed by atoms with van der Waals surface area (Å²) in [6.07, 6.45) is 0.547. The van der Waals surface area contributed by atoms with Gasteiger partial charge in [-0.05, 0) is 24.3 Å². The monoisotopic (exact) mass is 320 g/mol. The van der Waals surface area contributed by atoms with E-state index >= 15 is 0 Å². The van der Waals surface area contributed by atoms with E-state index in [2.05, 4.69) is 4.98 Å². The van der Waals surface area contributed by atoms with Crippen molar-refractivity contribution in [3.8, 4) is 0 Å². The highest BCUT2D eigenvalue weighted by molar-refractivity contribution is 7.18. The molecular formula is C12H8ClF3N2OS. The normalized spacial score (nSPS) is 12.2.